The third-order valence-corrected chi connectivity index (χ3v) is 4.20. The summed E-state index contributed by atoms with van der Waals surface area (Å²) in [6.07, 6.45) is 2.04. The van der Waals surface area contributed by atoms with Crippen LogP contribution >= 0.6 is 23.4 Å². The van der Waals surface area contributed by atoms with Gasteiger partial charge in [-0.2, -0.15) is 13.2 Å². The second-order valence-electron chi connectivity index (χ2n) is 4.48. The standard InChI is InChI=1S/C12H14ClF3N2S/c13-10-2-1-9(7-11(10)19-12(14,15)16)18-8-3-5-17-6-4-8/h1-2,7-8,17-18H,3-6H2/p+1. The fraction of sp³-hybridized carbons (Fsp3) is 0.500. The van der Waals surface area contributed by atoms with Gasteiger partial charge in [-0.1, -0.05) is 11.6 Å². The number of rotatable bonds is 3. The van der Waals surface area contributed by atoms with Crippen LogP contribution in [0, 0.1) is 0 Å². The number of nitrogens with two attached hydrogens (primary N) is 1. The first-order valence-electron chi connectivity index (χ1n) is 6.07. The summed E-state index contributed by atoms with van der Waals surface area (Å²) < 4.78 is 37.2. The van der Waals surface area contributed by atoms with Crippen LogP contribution in [0.3, 0.4) is 0 Å². The highest BCUT2D eigenvalue weighted by Crippen LogP contribution is 2.41. The molecule has 0 unspecified atom stereocenters. The van der Waals surface area contributed by atoms with Gasteiger partial charge in [-0.15, -0.1) is 0 Å². The minimum absolute atomic E-state index is 0.0431. The molecule has 0 spiro atoms. The lowest BCUT2D eigenvalue weighted by atomic mass is 10.1. The Morgan fingerprint density at radius 1 is 1.26 bits per heavy atom. The number of halogens is 4. The minimum atomic E-state index is -4.32. The molecule has 2 rings (SSSR count). The third-order valence-electron chi connectivity index (χ3n) is 2.97. The van der Waals surface area contributed by atoms with Crippen molar-refractivity contribution < 1.29 is 18.5 Å². The smallest absolute Gasteiger partial charge is 0.382 e. The molecule has 7 heteroatoms. The number of nitrogens with one attached hydrogen (secondary N) is 1. The zero-order valence-corrected chi connectivity index (χ0v) is 11.7. The van der Waals surface area contributed by atoms with E-state index in [4.69, 9.17) is 11.6 Å². The van der Waals surface area contributed by atoms with Crippen molar-refractivity contribution in [2.24, 2.45) is 0 Å². The molecule has 2 nitrogen and oxygen atoms in total. The summed E-state index contributed by atoms with van der Waals surface area (Å²) in [6.45, 7) is 2.10. The average Bonchev–Trinajstić information content (AvgIpc) is 2.33. The first-order chi connectivity index (χ1) is 8.94. The summed E-state index contributed by atoms with van der Waals surface area (Å²) >= 11 is 5.62. The molecule has 0 aromatic heterocycles. The number of hydrogen-bond acceptors (Lipinski definition) is 2. The Labute approximate surface area is 119 Å². The normalized spacial score (nSPS) is 17.5. The van der Waals surface area contributed by atoms with Crippen LogP contribution in [0.5, 0.6) is 0 Å². The van der Waals surface area contributed by atoms with Crippen LogP contribution < -0.4 is 10.6 Å². The monoisotopic (exact) mass is 311 g/mol. The number of hydrogen-bond donors (Lipinski definition) is 2. The number of thioether (sulfide) groups is 1. The van der Waals surface area contributed by atoms with Crippen LogP contribution in [0.1, 0.15) is 12.8 Å². The van der Waals surface area contributed by atoms with Crippen molar-refractivity contribution >= 4 is 29.1 Å². The maximum atomic E-state index is 12.4. The van der Waals surface area contributed by atoms with E-state index in [1.165, 1.54) is 12.1 Å². The second kappa shape index (κ2) is 6.24. The van der Waals surface area contributed by atoms with E-state index in [-0.39, 0.29) is 21.7 Å². The van der Waals surface area contributed by atoms with Crippen molar-refractivity contribution in [3.8, 4) is 0 Å². The Morgan fingerprint density at radius 2 is 1.95 bits per heavy atom. The highest BCUT2D eigenvalue weighted by atomic mass is 35.5. The summed E-state index contributed by atoms with van der Waals surface area (Å²) in [4.78, 5) is 0.0431. The van der Waals surface area contributed by atoms with Crippen molar-refractivity contribution in [3.05, 3.63) is 23.2 Å². The van der Waals surface area contributed by atoms with E-state index in [0.29, 0.717) is 11.7 Å². The molecule has 0 radical (unpaired) electrons. The maximum Gasteiger partial charge on any atom is 0.446 e. The molecule has 1 saturated heterocycles. The number of piperidine rings is 1. The van der Waals surface area contributed by atoms with E-state index < -0.39 is 5.51 Å². The van der Waals surface area contributed by atoms with Gasteiger partial charge in [-0.05, 0) is 30.0 Å². The van der Waals surface area contributed by atoms with E-state index in [9.17, 15) is 13.2 Å². The largest absolute Gasteiger partial charge is 0.446 e. The van der Waals surface area contributed by atoms with Gasteiger partial charge < -0.3 is 10.6 Å². The van der Waals surface area contributed by atoms with Crippen molar-refractivity contribution in [2.45, 2.75) is 29.3 Å². The Kier molecular flexibility index (Phi) is 4.86. The van der Waals surface area contributed by atoms with Crippen molar-refractivity contribution in [3.63, 3.8) is 0 Å². The lowest BCUT2D eigenvalue weighted by molar-refractivity contribution is -0.662. The van der Waals surface area contributed by atoms with Crippen molar-refractivity contribution in [2.75, 3.05) is 18.4 Å². The Morgan fingerprint density at radius 3 is 2.58 bits per heavy atom. The summed E-state index contributed by atoms with van der Waals surface area (Å²) in [5.74, 6) is 0. The number of benzene rings is 1. The van der Waals surface area contributed by atoms with Gasteiger partial charge in [0.1, 0.15) is 0 Å². The van der Waals surface area contributed by atoms with Crippen LogP contribution in [-0.4, -0.2) is 24.6 Å². The topological polar surface area (TPSA) is 28.6 Å². The minimum Gasteiger partial charge on any atom is -0.382 e. The van der Waals surface area contributed by atoms with Crippen molar-refractivity contribution in [1.29, 1.82) is 0 Å². The second-order valence-corrected chi connectivity index (χ2v) is 5.99. The van der Waals surface area contributed by atoms with Gasteiger partial charge in [0.25, 0.3) is 0 Å². The molecule has 0 saturated carbocycles. The fourth-order valence-corrected chi connectivity index (χ4v) is 2.94. The molecule has 0 amide bonds. The maximum absolute atomic E-state index is 12.4. The predicted octanol–water partition coefficient (Wildman–Crippen LogP) is 3.09. The average molecular weight is 312 g/mol. The van der Waals surface area contributed by atoms with Crippen LogP contribution in [0.4, 0.5) is 18.9 Å². The van der Waals surface area contributed by atoms with E-state index in [0.717, 1.165) is 25.9 Å². The molecule has 106 valence electrons. The molecule has 1 aliphatic rings. The highest BCUT2D eigenvalue weighted by Gasteiger charge is 2.30. The van der Waals surface area contributed by atoms with Crippen molar-refractivity contribution in [1.82, 2.24) is 0 Å². The van der Waals surface area contributed by atoms with Crippen LogP contribution in [0.2, 0.25) is 5.02 Å². The fourth-order valence-electron chi connectivity index (χ4n) is 2.10. The quantitative estimate of drug-likeness (QED) is 0.840. The Bertz CT molecular complexity index is 433. The molecule has 1 aromatic carbocycles. The SMILES string of the molecule is FC(F)(F)Sc1cc(NC2CC[NH2+]CC2)ccc1Cl. The number of anilines is 1. The van der Waals surface area contributed by atoms with Crippen LogP contribution in [0.15, 0.2) is 23.1 Å². The molecular formula is C12H15ClF3N2S+. The molecular weight excluding hydrogens is 297 g/mol. The highest BCUT2D eigenvalue weighted by molar-refractivity contribution is 8.00. The van der Waals surface area contributed by atoms with E-state index >= 15 is 0 Å². The Balaban J connectivity index is 2.07. The van der Waals surface area contributed by atoms with Gasteiger partial charge in [0.2, 0.25) is 0 Å². The lowest BCUT2D eigenvalue weighted by Gasteiger charge is -2.23. The third kappa shape index (κ3) is 4.78. The van der Waals surface area contributed by atoms with Gasteiger partial charge in [0.15, 0.2) is 0 Å². The Hall–Kier alpha value is -0.590. The number of alkyl halides is 3. The van der Waals surface area contributed by atoms with Gasteiger partial charge in [-0.25, -0.2) is 0 Å². The zero-order chi connectivity index (χ0) is 13.9. The molecule has 1 fully saturated rings. The summed E-state index contributed by atoms with van der Waals surface area (Å²) in [6, 6.07) is 5.03. The number of quaternary nitrogens is 1. The zero-order valence-electron chi connectivity index (χ0n) is 10.1. The van der Waals surface area contributed by atoms with E-state index in [2.05, 4.69) is 10.6 Å². The molecule has 1 aliphatic heterocycles. The molecule has 1 aromatic rings. The van der Waals surface area contributed by atoms with Crippen LogP contribution in [0.25, 0.3) is 0 Å². The molecule has 0 atom stereocenters. The van der Waals surface area contributed by atoms with Crippen LogP contribution in [-0.2, 0) is 0 Å². The molecule has 0 bridgehead atoms. The van der Waals surface area contributed by atoms with E-state index in [1.807, 2.05) is 0 Å². The summed E-state index contributed by atoms with van der Waals surface area (Å²) in [5.41, 5.74) is -3.62. The lowest BCUT2D eigenvalue weighted by Crippen LogP contribution is -2.87. The summed E-state index contributed by atoms with van der Waals surface area (Å²) in [5, 5.41) is 5.65. The first kappa shape index (κ1) is 14.8. The molecule has 19 heavy (non-hydrogen) atoms. The van der Waals surface area contributed by atoms with E-state index in [1.54, 1.807) is 6.07 Å². The predicted molar refractivity (Wildman–Crippen MR) is 71.7 cm³/mol. The first-order valence-corrected chi connectivity index (χ1v) is 7.27. The summed E-state index contributed by atoms with van der Waals surface area (Å²) in [7, 11) is 0. The molecule has 0 aliphatic carbocycles. The molecule has 1 heterocycles. The molecule has 3 N–H and O–H groups in total. The van der Waals surface area contributed by atoms with Gasteiger partial charge >= 0.3 is 5.51 Å². The van der Waals surface area contributed by atoms with Gasteiger partial charge in [-0.3, -0.25) is 0 Å². The van der Waals surface area contributed by atoms with Gasteiger partial charge in [0, 0.05) is 29.5 Å². The van der Waals surface area contributed by atoms with Gasteiger partial charge in [0.05, 0.1) is 18.1 Å².